The minimum absolute atomic E-state index is 0.0113. The van der Waals surface area contributed by atoms with Gasteiger partial charge in [-0.05, 0) is 32.9 Å². The van der Waals surface area contributed by atoms with Crippen molar-refractivity contribution in [2.75, 3.05) is 72.5 Å². The SMILES string of the molecule is [13CH3][15N]1C[13CH2][15N]([13CH2]C2CCC[15N]2CC(=O)N[13CH2][13CH2][13C](=O)NC[13CH2][13C](=O)NCCCC(=O)O)[13CH2][13CH2]1. The third kappa shape index (κ3) is 11.4. The summed E-state index contributed by atoms with van der Waals surface area (Å²) >= 11 is 0. The summed E-state index contributed by atoms with van der Waals surface area (Å²) in [5.74, 6) is -1.41. The van der Waals surface area contributed by atoms with Gasteiger partial charge in [-0.25, -0.2) is 0 Å². The van der Waals surface area contributed by atoms with Crippen LogP contribution in [0.3, 0.4) is 0 Å². The smallest absolute Gasteiger partial charge is 0.303 e. The molecule has 11 heteroatoms. The second kappa shape index (κ2) is 14.8. The van der Waals surface area contributed by atoms with E-state index in [9.17, 15) is 19.2 Å². The van der Waals surface area contributed by atoms with Crippen molar-refractivity contribution < 1.29 is 24.3 Å². The monoisotopic (exact) mass is 481 g/mol. The standard InChI is InChI=1S/C22H40N6O5/c1-26-12-14-27(15-13-26)16-18-4-3-11-28(18)17-21(31)25-10-7-20(30)24-9-6-19(29)23-8-2-5-22(32)33/h18H,2-17H2,1H3,(H,23,29)(H,24,30)(H,25,31)(H,32,33)/i1+1,6+1,7+1,10+1,12+1,14+1,15+1,16+1,19+1,20+1,26+1,27+1,28+1. The average molecular weight is 482 g/mol. The van der Waals surface area contributed by atoms with E-state index in [-0.39, 0.29) is 50.1 Å². The summed E-state index contributed by atoms with van der Waals surface area (Å²) < 4.78 is 0. The molecule has 1 atom stereocenters. The number of hydrogen-bond donors (Lipinski definition) is 4. The number of carbonyl (C=O) groups excluding carboxylic acids is 3. The lowest BCUT2D eigenvalue weighted by atomic mass is 10.3. The number of nitrogens with one attached hydrogen (secondary N) is 3. The Hall–Kier alpha value is -2.24. The highest BCUT2D eigenvalue weighted by Gasteiger charge is 2.28. The van der Waals surface area contributed by atoms with Gasteiger partial charge >= 0.3 is 5.97 Å². The van der Waals surface area contributed by atoms with E-state index in [2.05, 4.69) is 37.7 Å². The molecule has 2 aliphatic heterocycles. The van der Waals surface area contributed by atoms with Gasteiger partial charge in [0, 0.05) is 77.7 Å². The number of rotatable bonds is 14. The van der Waals surface area contributed by atoms with Gasteiger partial charge in [0.2, 0.25) is 17.7 Å². The third-order valence-electron chi connectivity index (χ3n) is 6.15. The molecule has 4 N–H and O–H groups in total. The van der Waals surface area contributed by atoms with Gasteiger partial charge in [0.25, 0.3) is 0 Å². The summed E-state index contributed by atoms with van der Waals surface area (Å²) in [7, 11) is 2.15. The first-order chi connectivity index (χ1) is 15.8. The number of carboxylic acid groups (broad SMARTS) is 1. The third-order valence-corrected chi connectivity index (χ3v) is 6.15. The zero-order valence-electron chi connectivity index (χ0n) is 19.8. The molecule has 11 nitrogen and oxygen atoms in total. The zero-order chi connectivity index (χ0) is 24.1. The fourth-order valence-electron chi connectivity index (χ4n) is 4.15. The number of carbonyl (C=O) groups is 4. The molecular formula is C22H40N6O5. The topological polar surface area (TPSA) is 134 Å². The maximum Gasteiger partial charge on any atom is 0.303 e. The van der Waals surface area contributed by atoms with Crippen molar-refractivity contribution in [1.29, 1.82) is 0 Å². The number of piperazine rings is 1. The van der Waals surface area contributed by atoms with Gasteiger partial charge in [-0.15, -0.1) is 0 Å². The van der Waals surface area contributed by atoms with Crippen molar-refractivity contribution >= 4 is 23.7 Å². The molecule has 2 fully saturated rings. The molecule has 2 aliphatic rings. The molecule has 33 heavy (non-hydrogen) atoms. The predicted molar refractivity (Wildman–Crippen MR) is 124 cm³/mol. The normalized spacial score (nSPS) is 19.8. The largest absolute Gasteiger partial charge is 0.481 e. The van der Waals surface area contributed by atoms with E-state index in [0.29, 0.717) is 25.6 Å². The van der Waals surface area contributed by atoms with Gasteiger partial charge in [0.05, 0.1) is 6.54 Å². The Morgan fingerprint density at radius 1 is 0.818 bits per heavy atom. The summed E-state index contributed by atoms with van der Waals surface area (Å²) in [6, 6.07) is 0.415. The van der Waals surface area contributed by atoms with Crippen LogP contribution in [0.15, 0.2) is 0 Å². The van der Waals surface area contributed by atoms with E-state index in [0.717, 1.165) is 52.1 Å². The molecule has 0 bridgehead atoms. The van der Waals surface area contributed by atoms with Crippen molar-refractivity contribution in [2.24, 2.45) is 0 Å². The Bertz CT molecular complexity index is 653. The molecule has 0 radical (unpaired) electrons. The number of likely N-dealkylation sites (N-methyl/N-ethyl adjacent to an activating group) is 1. The van der Waals surface area contributed by atoms with Gasteiger partial charge in [-0.3, -0.25) is 29.0 Å². The van der Waals surface area contributed by atoms with Crippen LogP contribution in [-0.2, 0) is 19.2 Å². The van der Waals surface area contributed by atoms with Crippen molar-refractivity contribution in [1.82, 2.24) is 30.7 Å². The highest BCUT2D eigenvalue weighted by molar-refractivity contribution is 5.81. The van der Waals surface area contributed by atoms with E-state index in [1.807, 2.05) is 0 Å². The average Bonchev–Trinajstić information content (AvgIpc) is 3.19. The van der Waals surface area contributed by atoms with Crippen LogP contribution in [0.2, 0.25) is 0 Å². The molecule has 2 saturated heterocycles. The van der Waals surface area contributed by atoms with Crippen LogP contribution in [-0.4, -0.2) is 122 Å². The van der Waals surface area contributed by atoms with E-state index >= 15 is 0 Å². The summed E-state index contributed by atoms with van der Waals surface area (Å²) in [6.07, 6.45) is 2.92. The van der Waals surface area contributed by atoms with Gasteiger partial charge in [0.1, 0.15) is 0 Å². The highest BCUT2D eigenvalue weighted by Crippen LogP contribution is 2.18. The molecule has 188 valence electrons. The van der Waals surface area contributed by atoms with E-state index in [1.165, 1.54) is 0 Å². The van der Waals surface area contributed by atoms with E-state index in [4.69, 9.17) is 5.11 Å². The fourth-order valence-corrected chi connectivity index (χ4v) is 4.15. The summed E-state index contributed by atoms with van der Waals surface area (Å²) in [5.41, 5.74) is 0. The molecule has 2 heterocycles. The first-order valence-electron chi connectivity index (χ1n) is 12.0. The molecule has 2 rings (SSSR count). The van der Waals surface area contributed by atoms with E-state index in [1.54, 1.807) is 0 Å². The first kappa shape index (κ1) is 27.0. The van der Waals surface area contributed by atoms with Crippen molar-refractivity contribution in [3.05, 3.63) is 0 Å². The van der Waals surface area contributed by atoms with Crippen molar-refractivity contribution in [3.63, 3.8) is 0 Å². The van der Waals surface area contributed by atoms with Gasteiger partial charge in [-0.2, -0.15) is 0 Å². The summed E-state index contributed by atoms with van der Waals surface area (Å²) in [4.78, 5) is 53.4. The molecule has 3 amide bonds. The Labute approximate surface area is 196 Å². The maximum absolute atomic E-state index is 12.3. The first-order valence-corrected chi connectivity index (χ1v) is 12.0. The molecule has 0 aromatic rings. The van der Waals surface area contributed by atoms with Crippen LogP contribution in [0.25, 0.3) is 0 Å². The molecule has 1 unspecified atom stereocenters. The van der Waals surface area contributed by atoms with Gasteiger partial charge < -0.3 is 26.0 Å². The lowest BCUT2D eigenvalue weighted by Gasteiger charge is -2.36. The number of hydrogen-bond acceptors (Lipinski definition) is 7. The van der Waals surface area contributed by atoms with Gasteiger partial charge in [0.15, 0.2) is 0 Å². The summed E-state index contributed by atoms with van der Waals surface area (Å²) in [6.45, 7) is 7.42. The second-order valence-electron chi connectivity index (χ2n) is 8.92. The second-order valence-corrected chi connectivity index (χ2v) is 8.92. The minimum atomic E-state index is -0.894. The van der Waals surface area contributed by atoms with Crippen LogP contribution in [0.4, 0.5) is 0 Å². The molecule has 0 spiro atoms. The molecule has 0 aromatic carbocycles. The summed E-state index contributed by atoms with van der Waals surface area (Å²) in [5, 5.41) is 16.6. The maximum atomic E-state index is 12.3. The van der Waals surface area contributed by atoms with Crippen LogP contribution < -0.4 is 16.0 Å². The Morgan fingerprint density at radius 2 is 1.42 bits per heavy atom. The van der Waals surface area contributed by atoms with Crippen LogP contribution >= 0.6 is 0 Å². The predicted octanol–water partition coefficient (Wildman–Crippen LogP) is -1.31. The highest BCUT2D eigenvalue weighted by atomic mass is 16.4. The minimum Gasteiger partial charge on any atom is -0.481 e. The zero-order valence-corrected chi connectivity index (χ0v) is 19.8. The number of aliphatic carboxylic acids is 1. The quantitative estimate of drug-likeness (QED) is 0.137. The Balaban J connectivity index is 1.52. The number of likely N-dealkylation sites (tertiary alicyclic amines) is 1. The fraction of sp³-hybridized carbons (Fsp3) is 0.818. The van der Waals surface area contributed by atoms with Crippen molar-refractivity contribution in [3.8, 4) is 0 Å². The van der Waals surface area contributed by atoms with E-state index < -0.39 is 5.97 Å². The number of carboxylic acids is 1. The lowest BCUT2D eigenvalue weighted by Crippen LogP contribution is -2.50. The number of amides is 3. The van der Waals surface area contributed by atoms with Crippen LogP contribution in [0.1, 0.15) is 38.5 Å². The lowest BCUT2D eigenvalue weighted by molar-refractivity contribution is -0.137. The molecule has 0 aromatic heterocycles. The van der Waals surface area contributed by atoms with Gasteiger partial charge in [-0.1, -0.05) is 0 Å². The van der Waals surface area contributed by atoms with Crippen LogP contribution in [0, 0.1) is 0 Å². The molecule has 0 aliphatic carbocycles. The molecule has 0 saturated carbocycles. The Kier molecular flexibility index (Phi) is 12.1. The van der Waals surface area contributed by atoms with Crippen LogP contribution in [0.5, 0.6) is 0 Å². The number of nitrogens with zero attached hydrogens (tertiary/aromatic N) is 3. The molecular weight excluding hydrogens is 441 g/mol. The van der Waals surface area contributed by atoms with Crippen molar-refractivity contribution in [2.45, 2.75) is 44.6 Å². The Morgan fingerprint density at radius 3 is 2.06 bits per heavy atom.